The summed E-state index contributed by atoms with van der Waals surface area (Å²) in [4.78, 5) is 0. The average Bonchev–Trinajstić information content (AvgIpc) is 3.13. The van der Waals surface area contributed by atoms with Gasteiger partial charge < -0.3 is 5.32 Å². The molecule has 1 fully saturated rings. The van der Waals surface area contributed by atoms with E-state index in [0.717, 1.165) is 25.6 Å². The smallest absolute Gasteiger partial charge is 0.0521 e. The van der Waals surface area contributed by atoms with Gasteiger partial charge in [0.1, 0.15) is 0 Å². The van der Waals surface area contributed by atoms with Gasteiger partial charge in [-0.25, -0.2) is 0 Å². The van der Waals surface area contributed by atoms with Gasteiger partial charge in [0, 0.05) is 25.3 Å². The van der Waals surface area contributed by atoms with Crippen LogP contribution in [0.2, 0.25) is 0 Å². The van der Waals surface area contributed by atoms with Crippen molar-refractivity contribution in [3.05, 3.63) is 18.0 Å². The third-order valence-electron chi connectivity index (χ3n) is 4.43. The average molecular weight is 249 g/mol. The van der Waals surface area contributed by atoms with E-state index in [1.54, 1.807) is 0 Å². The lowest BCUT2D eigenvalue weighted by atomic mass is 9.77. The fourth-order valence-electron chi connectivity index (χ4n) is 2.56. The maximum Gasteiger partial charge on any atom is 0.0521 e. The molecule has 3 nitrogen and oxygen atoms in total. The lowest BCUT2D eigenvalue weighted by Crippen LogP contribution is -2.36. The zero-order valence-corrected chi connectivity index (χ0v) is 12.1. The molecule has 1 aliphatic rings. The molecule has 0 aromatic carbocycles. The summed E-state index contributed by atoms with van der Waals surface area (Å²) in [6, 6.07) is 0.806. The number of rotatable bonds is 8. The molecule has 0 radical (unpaired) electrons. The van der Waals surface area contributed by atoms with Gasteiger partial charge in [-0.05, 0) is 50.0 Å². The summed E-state index contributed by atoms with van der Waals surface area (Å²) in [6.07, 6.45) is 10.6. The summed E-state index contributed by atoms with van der Waals surface area (Å²) < 4.78 is 2.03. The van der Waals surface area contributed by atoms with Crippen LogP contribution in [0.3, 0.4) is 0 Å². The Bertz CT molecular complexity index is 362. The van der Waals surface area contributed by atoms with E-state index in [-0.39, 0.29) is 0 Å². The van der Waals surface area contributed by atoms with Crippen LogP contribution in [0.5, 0.6) is 0 Å². The Morgan fingerprint density at radius 3 is 2.56 bits per heavy atom. The van der Waals surface area contributed by atoms with Crippen LogP contribution in [0.15, 0.2) is 12.4 Å². The molecule has 0 bridgehead atoms. The summed E-state index contributed by atoms with van der Waals surface area (Å²) in [7, 11) is 0. The molecule has 1 N–H and O–H groups in total. The summed E-state index contributed by atoms with van der Waals surface area (Å²) in [6.45, 7) is 8.90. The zero-order chi connectivity index (χ0) is 13.0. The number of hydrogen-bond acceptors (Lipinski definition) is 2. The third kappa shape index (κ3) is 3.35. The van der Waals surface area contributed by atoms with Crippen molar-refractivity contribution in [2.45, 2.75) is 65.5 Å². The first-order chi connectivity index (χ1) is 8.71. The fourth-order valence-corrected chi connectivity index (χ4v) is 2.56. The standard InChI is InChI=1S/C15H27N3/c1-4-15(5-2,12-16-14-7-8-14)9-13-10-17-18(6-3)11-13/h10-11,14,16H,4-9,12H2,1-3H3. The molecule has 0 unspecified atom stereocenters. The second kappa shape index (κ2) is 5.87. The highest BCUT2D eigenvalue weighted by molar-refractivity contribution is 5.08. The molecule has 0 amide bonds. The van der Waals surface area contributed by atoms with Crippen molar-refractivity contribution >= 4 is 0 Å². The van der Waals surface area contributed by atoms with E-state index in [4.69, 9.17) is 0 Å². The van der Waals surface area contributed by atoms with Crippen LogP contribution < -0.4 is 5.32 Å². The number of aryl methyl sites for hydroxylation is 1. The molecule has 0 atom stereocenters. The topological polar surface area (TPSA) is 29.9 Å². The van der Waals surface area contributed by atoms with Crippen LogP contribution >= 0.6 is 0 Å². The molecule has 1 aromatic heterocycles. The minimum absolute atomic E-state index is 0.407. The van der Waals surface area contributed by atoms with Crippen molar-refractivity contribution in [1.29, 1.82) is 0 Å². The van der Waals surface area contributed by atoms with Crippen molar-refractivity contribution in [3.8, 4) is 0 Å². The summed E-state index contributed by atoms with van der Waals surface area (Å²) in [5.74, 6) is 0. The van der Waals surface area contributed by atoms with Gasteiger partial charge >= 0.3 is 0 Å². The van der Waals surface area contributed by atoms with E-state index >= 15 is 0 Å². The molecule has 0 aliphatic heterocycles. The van der Waals surface area contributed by atoms with E-state index in [2.05, 4.69) is 37.4 Å². The number of aromatic nitrogens is 2. The minimum Gasteiger partial charge on any atom is -0.313 e. The predicted octanol–water partition coefficient (Wildman–Crippen LogP) is 3.00. The monoisotopic (exact) mass is 249 g/mol. The first kappa shape index (κ1) is 13.6. The molecule has 1 aromatic rings. The van der Waals surface area contributed by atoms with E-state index < -0.39 is 0 Å². The van der Waals surface area contributed by atoms with Gasteiger partial charge in [-0.1, -0.05) is 13.8 Å². The Morgan fingerprint density at radius 1 is 1.33 bits per heavy atom. The maximum atomic E-state index is 4.39. The summed E-state index contributed by atoms with van der Waals surface area (Å²) >= 11 is 0. The van der Waals surface area contributed by atoms with Gasteiger partial charge in [-0.2, -0.15) is 5.10 Å². The molecule has 3 heteroatoms. The second-order valence-corrected chi connectivity index (χ2v) is 5.74. The van der Waals surface area contributed by atoms with Crippen molar-refractivity contribution in [1.82, 2.24) is 15.1 Å². The normalized spacial score (nSPS) is 16.2. The molecule has 18 heavy (non-hydrogen) atoms. The Morgan fingerprint density at radius 2 is 2.06 bits per heavy atom. The third-order valence-corrected chi connectivity index (χ3v) is 4.43. The highest BCUT2D eigenvalue weighted by atomic mass is 15.3. The summed E-state index contributed by atoms with van der Waals surface area (Å²) in [5.41, 5.74) is 1.79. The Balaban J connectivity index is 1.98. The van der Waals surface area contributed by atoms with Gasteiger partial charge in [-0.15, -0.1) is 0 Å². The fraction of sp³-hybridized carbons (Fsp3) is 0.800. The molecule has 2 rings (SSSR count). The quantitative estimate of drug-likeness (QED) is 0.767. The SMILES string of the molecule is CCn1cc(CC(CC)(CC)CNC2CC2)cn1. The van der Waals surface area contributed by atoms with Gasteiger partial charge in [0.05, 0.1) is 6.20 Å². The zero-order valence-electron chi connectivity index (χ0n) is 12.1. The van der Waals surface area contributed by atoms with Crippen LogP contribution in [0.4, 0.5) is 0 Å². The molecule has 102 valence electrons. The second-order valence-electron chi connectivity index (χ2n) is 5.74. The van der Waals surface area contributed by atoms with Gasteiger partial charge in [0.2, 0.25) is 0 Å². The molecular weight excluding hydrogens is 222 g/mol. The summed E-state index contributed by atoms with van der Waals surface area (Å²) in [5, 5.41) is 8.10. The Kier molecular flexibility index (Phi) is 4.44. The van der Waals surface area contributed by atoms with Gasteiger partial charge in [0.25, 0.3) is 0 Å². The molecule has 0 saturated heterocycles. The highest BCUT2D eigenvalue weighted by Gasteiger charge is 2.30. The maximum absolute atomic E-state index is 4.39. The number of nitrogens with zero attached hydrogens (tertiary/aromatic N) is 2. The van der Waals surface area contributed by atoms with Crippen molar-refractivity contribution < 1.29 is 0 Å². The lowest BCUT2D eigenvalue weighted by Gasteiger charge is -2.32. The molecule has 1 saturated carbocycles. The first-order valence-corrected chi connectivity index (χ1v) is 7.46. The van der Waals surface area contributed by atoms with E-state index in [0.29, 0.717) is 5.41 Å². The van der Waals surface area contributed by atoms with Crippen molar-refractivity contribution in [2.75, 3.05) is 6.54 Å². The van der Waals surface area contributed by atoms with Crippen LogP contribution in [0, 0.1) is 5.41 Å². The molecule has 0 spiro atoms. The van der Waals surface area contributed by atoms with Crippen LogP contribution in [-0.2, 0) is 13.0 Å². The predicted molar refractivity (Wildman–Crippen MR) is 75.6 cm³/mol. The minimum atomic E-state index is 0.407. The van der Waals surface area contributed by atoms with Crippen molar-refractivity contribution in [2.24, 2.45) is 5.41 Å². The largest absolute Gasteiger partial charge is 0.313 e. The molecule has 1 heterocycles. The Hall–Kier alpha value is -0.830. The van der Waals surface area contributed by atoms with E-state index in [1.807, 2.05) is 10.9 Å². The van der Waals surface area contributed by atoms with E-state index in [9.17, 15) is 0 Å². The van der Waals surface area contributed by atoms with Gasteiger partial charge in [0.15, 0.2) is 0 Å². The number of nitrogens with one attached hydrogen (secondary N) is 1. The number of hydrogen-bond donors (Lipinski definition) is 1. The van der Waals surface area contributed by atoms with Crippen LogP contribution in [0.1, 0.15) is 52.0 Å². The first-order valence-electron chi connectivity index (χ1n) is 7.46. The molecule has 1 aliphatic carbocycles. The van der Waals surface area contributed by atoms with Gasteiger partial charge in [-0.3, -0.25) is 4.68 Å². The Labute approximate surface area is 111 Å². The van der Waals surface area contributed by atoms with Crippen molar-refractivity contribution in [3.63, 3.8) is 0 Å². The van der Waals surface area contributed by atoms with Crippen LogP contribution in [0.25, 0.3) is 0 Å². The molecular formula is C15H27N3. The van der Waals surface area contributed by atoms with Crippen LogP contribution in [-0.4, -0.2) is 22.4 Å². The van der Waals surface area contributed by atoms with E-state index in [1.165, 1.54) is 31.2 Å². The lowest BCUT2D eigenvalue weighted by molar-refractivity contribution is 0.245. The highest BCUT2D eigenvalue weighted by Crippen LogP contribution is 2.31.